The molecule has 1 amide bonds. The van der Waals surface area contributed by atoms with Crippen molar-refractivity contribution in [2.75, 3.05) is 11.9 Å². The van der Waals surface area contributed by atoms with E-state index in [0.717, 1.165) is 24.7 Å². The summed E-state index contributed by atoms with van der Waals surface area (Å²) in [4.78, 5) is 14.3. The van der Waals surface area contributed by atoms with Crippen molar-refractivity contribution in [1.29, 1.82) is 0 Å². The van der Waals surface area contributed by atoms with Crippen LogP contribution in [0.4, 0.5) is 0 Å². The normalized spacial score (nSPS) is 38.1. The molecule has 3 heteroatoms. The van der Waals surface area contributed by atoms with Crippen LogP contribution in [0.15, 0.2) is 0 Å². The van der Waals surface area contributed by atoms with E-state index in [9.17, 15) is 4.79 Å². The highest BCUT2D eigenvalue weighted by Crippen LogP contribution is 2.53. The number of carbonyl (C=O) groups excluding carboxylic acids is 1. The van der Waals surface area contributed by atoms with Gasteiger partial charge in [-0.25, -0.2) is 0 Å². The lowest BCUT2D eigenvalue weighted by Gasteiger charge is -2.24. The Hall–Kier alpha value is -0.0500. The maximum atomic E-state index is 12.2. The Morgan fingerprint density at radius 3 is 2.53 bits per heavy atom. The highest BCUT2D eigenvalue weighted by atomic mass is 79.9. The molecule has 0 bridgehead atoms. The van der Waals surface area contributed by atoms with Crippen molar-refractivity contribution < 1.29 is 4.79 Å². The molecule has 2 rings (SSSR count). The summed E-state index contributed by atoms with van der Waals surface area (Å²) < 4.78 is 0. The molecule has 0 aromatic heterocycles. The van der Waals surface area contributed by atoms with Crippen molar-refractivity contribution in [3.63, 3.8) is 0 Å². The van der Waals surface area contributed by atoms with E-state index in [-0.39, 0.29) is 5.41 Å². The molecule has 0 spiro atoms. The summed E-state index contributed by atoms with van der Waals surface area (Å²) in [7, 11) is 0. The first-order chi connectivity index (χ1) is 6.97. The largest absolute Gasteiger partial charge is 0.339 e. The number of amides is 1. The minimum absolute atomic E-state index is 0.267. The summed E-state index contributed by atoms with van der Waals surface area (Å²) in [6, 6.07) is 0.424. The molecular weight excluding hydrogens is 254 g/mol. The van der Waals surface area contributed by atoms with Gasteiger partial charge in [-0.3, -0.25) is 4.79 Å². The van der Waals surface area contributed by atoms with E-state index >= 15 is 0 Å². The van der Waals surface area contributed by atoms with E-state index in [1.54, 1.807) is 0 Å². The van der Waals surface area contributed by atoms with Gasteiger partial charge in [-0.05, 0) is 31.1 Å². The highest BCUT2D eigenvalue weighted by Gasteiger charge is 2.53. The summed E-state index contributed by atoms with van der Waals surface area (Å²) in [6.07, 6.45) is 2.24. The molecule has 1 saturated carbocycles. The van der Waals surface area contributed by atoms with Crippen molar-refractivity contribution in [2.24, 2.45) is 17.3 Å². The lowest BCUT2D eigenvalue weighted by Crippen LogP contribution is -2.37. The van der Waals surface area contributed by atoms with Gasteiger partial charge in [0.25, 0.3) is 0 Å². The van der Waals surface area contributed by atoms with Gasteiger partial charge < -0.3 is 4.90 Å². The van der Waals surface area contributed by atoms with Crippen LogP contribution in [0, 0.1) is 17.3 Å². The molecule has 0 aromatic carbocycles. The number of halogens is 1. The molecule has 2 aliphatic rings. The Morgan fingerprint density at radius 1 is 1.53 bits per heavy atom. The van der Waals surface area contributed by atoms with Crippen LogP contribution in [-0.4, -0.2) is 28.7 Å². The summed E-state index contributed by atoms with van der Waals surface area (Å²) in [6.45, 7) is 7.53. The maximum absolute atomic E-state index is 12.2. The average molecular weight is 274 g/mol. The number of carbonyl (C=O) groups is 1. The second-order valence-electron chi connectivity index (χ2n) is 5.72. The predicted octanol–water partition coefficient (Wildman–Crippen LogP) is 2.66. The van der Waals surface area contributed by atoms with Gasteiger partial charge in [-0.2, -0.15) is 0 Å². The van der Waals surface area contributed by atoms with Gasteiger partial charge in [0.05, 0.1) is 0 Å². The number of likely N-dealkylation sites (tertiary alicyclic amines) is 1. The van der Waals surface area contributed by atoms with Crippen LogP contribution in [-0.2, 0) is 4.79 Å². The summed E-state index contributed by atoms with van der Waals surface area (Å²) >= 11 is 3.53. The summed E-state index contributed by atoms with van der Waals surface area (Å²) in [5.74, 6) is 1.35. The van der Waals surface area contributed by atoms with Crippen molar-refractivity contribution in [3.05, 3.63) is 0 Å². The van der Waals surface area contributed by atoms with Crippen molar-refractivity contribution in [1.82, 2.24) is 4.90 Å². The standard InChI is InChI=1S/C12H20BrNO/c1-8-9(7-13)4-5-14(8)11(15)10-6-12(10,2)3/h8-10H,4-7H2,1-3H3. The average Bonchev–Trinajstić information content (AvgIpc) is 2.66. The van der Waals surface area contributed by atoms with E-state index in [1.807, 2.05) is 0 Å². The molecule has 86 valence electrons. The summed E-state index contributed by atoms with van der Waals surface area (Å²) in [5, 5.41) is 1.02. The molecule has 1 aliphatic heterocycles. The SMILES string of the molecule is CC1C(CBr)CCN1C(=O)C1CC1(C)C. The van der Waals surface area contributed by atoms with Crippen LogP contribution in [0.2, 0.25) is 0 Å². The van der Waals surface area contributed by atoms with Crippen molar-refractivity contribution in [3.8, 4) is 0 Å². The molecule has 0 aromatic rings. The zero-order chi connectivity index (χ0) is 11.2. The van der Waals surface area contributed by atoms with Crippen LogP contribution in [0.3, 0.4) is 0 Å². The van der Waals surface area contributed by atoms with Gasteiger partial charge in [0.2, 0.25) is 5.91 Å². The van der Waals surface area contributed by atoms with E-state index in [4.69, 9.17) is 0 Å². The fraction of sp³-hybridized carbons (Fsp3) is 0.917. The number of hydrogen-bond donors (Lipinski definition) is 0. The molecule has 3 atom stereocenters. The first-order valence-electron chi connectivity index (χ1n) is 5.84. The Bertz CT molecular complexity index is 277. The third kappa shape index (κ3) is 1.95. The first-order valence-corrected chi connectivity index (χ1v) is 6.96. The van der Waals surface area contributed by atoms with Crippen LogP contribution in [0.25, 0.3) is 0 Å². The van der Waals surface area contributed by atoms with Gasteiger partial charge in [0, 0.05) is 23.8 Å². The Labute approximate surface area is 101 Å². The third-order valence-electron chi connectivity index (χ3n) is 4.21. The lowest BCUT2D eigenvalue weighted by atomic mass is 10.0. The molecule has 0 N–H and O–H groups in total. The van der Waals surface area contributed by atoms with Gasteiger partial charge in [0.15, 0.2) is 0 Å². The zero-order valence-corrected chi connectivity index (χ0v) is 11.4. The minimum atomic E-state index is 0.267. The smallest absolute Gasteiger partial charge is 0.226 e. The second-order valence-corrected chi connectivity index (χ2v) is 6.37. The molecule has 1 saturated heterocycles. The maximum Gasteiger partial charge on any atom is 0.226 e. The quantitative estimate of drug-likeness (QED) is 0.709. The number of nitrogens with zero attached hydrogens (tertiary/aromatic N) is 1. The molecule has 3 unspecified atom stereocenters. The molecule has 1 aliphatic carbocycles. The van der Waals surface area contributed by atoms with E-state index in [1.165, 1.54) is 0 Å². The van der Waals surface area contributed by atoms with Crippen LogP contribution >= 0.6 is 15.9 Å². The summed E-state index contributed by atoms with van der Waals surface area (Å²) in [5.41, 5.74) is 0.267. The van der Waals surface area contributed by atoms with E-state index in [2.05, 4.69) is 41.6 Å². The van der Waals surface area contributed by atoms with Gasteiger partial charge in [0.1, 0.15) is 0 Å². The minimum Gasteiger partial charge on any atom is -0.339 e. The molecule has 15 heavy (non-hydrogen) atoms. The van der Waals surface area contributed by atoms with Crippen LogP contribution in [0.1, 0.15) is 33.6 Å². The topological polar surface area (TPSA) is 20.3 Å². The number of alkyl halides is 1. The molecular formula is C12H20BrNO. The van der Waals surface area contributed by atoms with Crippen LogP contribution < -0.4 is 0 Å². The van der Waals surface area contributed by atoms with Crippen molar-refractivity contribution in [2.45, 2.75) is 39.7 Å². The second kappa shape index (κ2) is 3.76. The van der Waals surface area contributed by atoms with Crippen molar-refractivity contribution >= 4 is 21.8 Å². The third-order valence-corrected chi connectivity index (χ3v) is 5.04. The fourth-order valence-electron chi connectivity index (χ4n) is 2.61. The zero-order valence-electron chi connectivity index (χ0n) is 9.79. The van der Waals surface area contributed by atoms with E-state index < -0.39 is 0 Å². The molecule has 2 nitrogen and oxygen atoms in total. The predicted molar refractivity (Wildman–Crippen MR) is 65.0 cm³/mol. The van der Waals surface area contributed by atoms with Gasteiger partial charge in [-0.1, -0.05) is 29.8 Å². The first kappa shape index (κ1) is 11.4. The number of rotatable bonds is 2. The monoisotopic (exact) mass is 273 g/mol. The van der Waals surface area contributed by atoms with E-state index in [0.29, 0.717) is 23.8 Å². The molecule has 0 radical (unpaired) electrons. The Morgan fingerprint density at radius 2 is 2.13 bits per heavy atom. The number of hydrogen-bond acceptors (Lipinski definition) is 1. The Balaban J connectivity index is 1.98. The van der Waals surface area contributed by atoms with Gasteiger partial charge in [-0.15, -0.1) is 0 Å². The fourth-order valence-corrected chi connectivity index (χ4v) is 3.47. The van der Waals surface area contributed by atoms with Crippen LogP contribution in [0.5, 0.6) is 0 Å². The highest BCUT2D eigenvalue weighted by molar-refractivity contribution is 9.09. The molecule has 1 heterocycles. The lowest BCUT2D eigenvalue weighted by molar-refractivity contribution is -0.134. The van der Waals surface area contributed by atoms with Gasteiger partial charge >= 0.3 is 0 Å². The Kier molecular flexibility index (Phi) is 2.87. The molecule has 2 fully saturated rings.